The van der Waals surface area contributed by atoms with E-state index >= 15 is 0 Å². The van der Waals surface area contributed by atoms with E-state index in [2.05, 4.69) is 50.8 Å². The maximum atomic E-state index is 3.75. The third kappa shape index (κ3) is 2.50. The Bertz CT molecular complexity index is 466. The van der Waals surface area contributed by atoms with Gasteiger partial charge >= 0.3 is 0 Å². The zero-order valence-corrected chi connectivity index (χ0v) is 9.83. The van der Waals surface area contributed by atoms with Crippen LogP contribution in [0.2, 0.25) is 0 Å². The molecule has 0 aliphatic heterocycles. The van der Waals surface area contributed by atoms with Gasteiger partial charge in [-0.1, -0.05) is 31.4 Å². The molecule has 0 unspecified atom stereocenters. The minimum atomic E-state index is 0.0854. The van der Waals surface area contributed by atoms with Crippen LogP contribution in [0.4, 0.5) is 0 Å². The Balaban J connectivity index is 3.59. The van der Waals surface area contributed by atoms with Gasteiger partial charge in [-0.2, -0.15) is 0 Å². The second-order valence-corrected chi connectivity index (χ2v) is 4.50. The lowest BCUT2D eigenvalue weighted by atomic mass is 10.1. The maximum Gasteiger partial charge on any atom is 0.0484 e. The lowest BCUT2D eigenvalue weighted by Crippen LogP contribution is -2.37. The van der Waals surface area contributed by atoms with E-state index in [0.29, 0.717) is 0 Å². The highest BCUT2D eigenvalue weighted by molar-refractivity contribution is 5.41. The van der Waals surface area contributed by atoms with Gasteiger partial charge in [-0.05, 0) is 38.1 Å². The van der Waals surface area contributed by atoms with E-state index in [1.807, 2.05) is 24.3 Å². The predicted molar refractivity (Wildman–Crippen MR) is 68.0 cm³/mol. The fourth-order valence-corrected chi connectivity index (χ4v) is 1.60. The monoisotopic (exact) mass is 201 g/mol. The molecule has 0 aliphatic carbocycles. The number of hydrogen-bond acceptors (Lipinski definition) is 0. The first-order valence-corrected chi connectivity index (χ1v) is 5.14. The van der Waals surface area contributed by atoms with Crippen LogP contribution in [0.3, 0.4) is 0 Å². The summed E-state index contributed by atoms with van der Waals surface area (Å²) in [5.74, 6) is 0. The highest BCUT2D eigenvalue weighted by Crippen LogP contribution is 2.08. The molecule has 0 aromatic carbocycles. The largest absolute Gasteiger partial charge is 0.342 e. The minimum absolute atomic E-state index is 0.0854. The van der Waals surface area contributed by atoms with Crippen molar-refractivity contribution in [1.29, 1.82) is 0 Å². The first-order valence-electron chi connectivity index (χ1n) is 5.14. The number of rotatable bonds is 2. The summed E-state index contributed by atoms with van der Waals surface area (Å²) in [6.07, 6.45) is 9.77. The number of hydrogen-bond donors (Lipinski definition) is 0. The number of allylic oxidation sites excluding steroid dienone is 2. The highest BCUT2D eigenvalue weighted by atomic mass is 15.0. The summed E-state index contributed by atoms with van der Waals surface area (Å²) >= 11 is 0. The van der Waals surface area contributed by atoms with Crippen LogP contribution >= 0.6 is 0 Å². The summed E-state index contributed by atoms with van der Waals surface area (Å²) in [5, 5.41) is 2.36. The highest BCUT2D eigenvalue weighted by Gasteiger charge is 2.12. The van der Waals surface area contributed by atoms with E-state index in [4.69, 9.17) is 0 Å². The minimum Gasteiger partial charge on any atom is -0.342 e. The van der Waals surface area contributed by atoms with Crippen LogP contribution in [-0.2, 0) is 5.54 Å². The van der Waals surface area contributed by atoms with Gasteiger partial charge in [0.2, 0.25) is 0 Å². The maximum absolute atomic E-state index is 3.75. The van der Waals surface area contributed by atoms with Gasteiger partial charge in [-0.15, -0.1) is 0 Å². The van der Waals surface area contributed by atoms with Gasteiger partial charge in [0.1, 0.15) is 0 Å². The van der Waals surface area contributed by atoms with Crippen molar-refractivity contribution in [2.45, 2.75) is 26.3 Å². The van der Waals surface area contributed by atoms with Crippen molar-refractivity contribution in [1.82, 2.24) is 4.57 Å². The van der Waals surface area contributed by atoms with E-state index in [1.54, 1.807) is 0 Å². The van der Waals surface area contributed by atoms with Gasteiger partial charge in [0.15, 0.2) is 0 Å². The van der Waals surface area contributed by atoms with Crippen molar-refractivity contribution in [2.24, 2.45) is 0 Å². The normalized spacial score (nSPS) is 14.3. The standard InChI is InChI=1S/C14H19N/c1-6-8-12-10-11-15(14(3,4)5)13(12)9-7-2/h6-11H,1-2H2,3-5H3/b12-8-,13-9+. The van der Waals surface area contributed by atoms with Crippen LogP contribution in [0.1, 0.15) is 20.8 Å². The van der Waals surface area contributed by atoms with Gasteiger partial charge < -0.3 is 4.57 Å². The molecule has 1 aromatic heterocycles. The molecule has 0 bridgehead atoms. The Kier molecular flexibility index (Phi) is 3.35. The van der Waals surface area contributed by atoms with E-state index in [1.165, 1.54) is 10.6 Å². The quantitative estimate of drug-likeness (QED) is 0.691. The molecule has 80 valence electrons. The molecule has 1 aromatic rings. The second kappa shape index (κ2) is 4.35. The molecule has 0 radical (unpaired) electrons. The van der Waals surface area contributed by atoms with E-state index in [0.717, 1.165) is 0 Å². The molecule has 0 fully saturated rings. The molecule has 0 saturated heterocycles. The zero-order chi connectivity index (χ0) is 11.5. The third-order valence-corrected chi connectivity index (χ3v) is 2.25. The summed E-state index contributed by atoms with van der Waals surface area (Å²) in [6.45, 7) is 14.0. The summed E-state index contributed by atoms with van der Waals surface area (Å²) in [4.78, 5) is 0. The summed E-state index contributed by atoms with van der Waals surface area (Å²) in [7, 11) is 0. The molecular formula is C14H19N. The fraction of sp³-hybridized carbons (Fsp3) is 0.286. The Labute approximate surface area is 91.7 Å². The van der Waals surface area contributed by atoms with Crippen molar-refractivity contribution >= 4 is 12.2 Å². The summed E-state index contributed by atoms with van der Waals surface area (Å²) in [5.41, 5.74) is 0.0854. The number of nitrogens with zero attached hydrogens (tertiary/aromatic N) is 1. The molecule has 1 heterocycles. The van der Waals surface area contributed by atoms with Gasteiger partial charge in [-0.3, -0.25) is 0 Å². The Hall–Kier alpha value is -1.50. The average Bonchev–Trinajstić information content (AvgIpc) is 2.49. The van der Waals surface area contributed by atoms with Crippen molar-refractivity contribution < 1.29 is 0 Å². The Morgan fingerprint density at radius 1 is 1.13 bits per heavy atom. The number of aromatic nitrogens is 1. The van der Waals surface area contributed by atoms with Crippen molar-refractivity contribution in [2.75, 3.05) is 0 Å². The zero-order valence-electron chi connectivity index (χ0n) is 9.83. The van der Waals surface area contributed by atoms with E-state index in [9.17, 15) is 0 Å². The Morgan fingerprint density at radius 2 is 1.73 bits per heavy atom. The average molecular weight is 201 g/mol. The molecule has 0 amide bonds. The summed E-state index contributed by atoms with van der Waals surface area (Å²) in [6, 6.07) is 2.10. The third-order valence-electron chi connectivity index (χ3n) is 2.25. The second-order valence-electron chi connectivity index (χ2n) is 4.50. The van der Waals surface area contributed by atoms with Crippen LogP contribution in [0.25, 0.3) is 12.2 Å². The van der Waals surface area contributed by atoms with Gasteiger partial charge in [0.25, 0.3) is 0 Å². The van der Waals surface area contributed by atoms with Crippen LogP contribution in [0, 0.1) is 0 Å². The first-order chi connectivity index (χ1) is 7.00. The van der Waals surface area contributed by atoms with E-state index < -0.39 is 0 Å². The molecule has 1 nitrogen and oxygen atoms in total. The predicted octanol–water partition coefficient (Wildman–Crippen LogP) is 2.18. The first kappa shape index (κ1) is 11.6. The van der Waals surface area contributed by atoms with Crippen LogP contribution in [0.5, 0.6) is 0 Å². The van der Waals surface area contributed by atoms with Crippen molar-refractivity contribution in [3.8, 4) is 0 Å². The summed E-state index contributed by atoms with van der Waals surface area (Å²) < 4.78 is 2.24. The molecular weight excluding hydrogens is 182 g/mol. The van der Waals surface area contributed by atoms with Gasteiger partial charge in [0, 0.05) is 17.1 Å². The molecule has 0 aliphatic rings. The molecule has 0 N–H and O–H groups in total. The van der Waals surface area contributed by atoms with Gasteiger partial charge in [0.05, 0.1) is 0 Å². The molecule has 1 heteroatoms. The topological polar surface area (TPSA) is 4.93 Å². The van der Waals surface area contributed by atoms with Crippen LogP contribution < -0.4 is 10.6 Å². The molecule has 0 saturated carbocycles. The molecule has 0 atom stereocenters. The fourth-order valence-electron chi connectivity index (χ4n) is 1.60. The Morgan fingerprint density at radius 3 is 2.20 bits per heavy atom. The SMILES string of the molecule is C=C/C=c1/ccn(C(C)(C)C)/c1=C/C=C. The van der Waals surface area contributed by atoms with Crippen LogP contribution in [0.15, 0.2) is 37.6 Å². The van der Waals surface area contributed by atoms with Crippen molar-refractivity contribution in [3.05, 3.63) is 48.1 Å². The molecule has 0 spiro atoms. The van der Waals surface area contributed by atoms with Crippen molar-refractivity contribution in [3.63, 3.8) is 0 Å². The molecule has 15 heavy (non-hydrogen) atoms. The van der Waals surface area contributed by atoms with Gasteiger partial charge in [-0.25, -0.2) is 0 Å². The molecule has 1 rings (SSSR count). The lowest BCUT2D eigenvalue weighted by Gasteiger charge is -2.21. The lowest BCUT2D eigenvalue weighted by molar-refractivity contribution is 0.389. The van der Waals surface area contributed by atoms with E-state index in [-0.39, 0.29) is 5.54 Å². The smallest absolute Gasteiger partial charge is 0.0484 e. The van der Waals surface area contributed by atoms with Crippen LogP contribution in [-0.4, -0.2) is 4.57 Å².